The van der Waals surface area contributed by atoms with Gasteiger partial charge in [0.25, 0.3) is 0 Å². The molecule has 0 saturated heterocycles. The van der Waals surface area contributed by atoms with Crippen molar-refractivity contribution in [2.45, 2.75) is 26.8 Å². The molecule has 1 atom stereocenters. The number of benzene rings is 1. The Bertz CT molecular complexity index is 773. The smallest absolute Gasteiger partial charge is 0.178 e. The van der Waals surface area contributed by atoms with E-state index in [-0.39, 0.29) is 6.04 Å². The minimum atomic E-state index is -0.201. The second-order valence-corrected chi connectivity index (χ2v) is 5.13. The molecule has 0 bridgehead atoms. The molecular formula is C15H17N5. The molecule has 2 heterocycles. The van der Waals surface area contributed by atoms with Gasteiger partial charge in [0.1, 0.15) is 0 Å². The SMILES string of the molecule is Cc1ccc(-c2ccc3nnc([C@@H](C)N)n3n2)cc1C. The van der Waals surface area contributed by atoms with E-state index in [9.17, 15) is 0 Å². The van der Waals surface area contributed by atoms with Crippen LogP contribution >= 0.6 is 0 Å². The predicted molar refractivity (Wildman–Crippen MR) is 78.3 cm³/mol. The van der Waals surface area contributed by atoms with Crippen molar-refractivity contribution in [2.75, 3.05) is 0 Å². The molecule has 0 unspecified atom stereocenters. The normalized spacial score (nSPS) is 12.8. The zero-order valence-electron chi connectivity index (χ0n) is 11.8. The second kappa shape index (κ2) is 4.68. The highest BCUT2D eigenvalue weighted by Gasteiger charge is 2.12. The molecule has 0 aliphatic carbocycles. The number of aryl methyl sites for hydroxylation is 2. The van der Waals surface area contributed by atoms with E-state index in [4.69, 9.17) is 5.73 Å². The number of rotatable bonds is 2. The fraction of sp³-hybridized carbons (Fsp3) is 0.267. The molecule has 0 saturated carbocycles. The van der Waals surface area contributed by atoms with Gasteiger partial charge in [0.15, 0.2) is 11.5 Å². The molecule has 1 aromatic carbocycles. The Morgan fingerprint density at radius 1 is 1.05 bits per heavy atom. The van der Waals surface area contributed by atoms with Crippen LogP contribution in [0.5, 0.6) is 0 Å². The Labute approximate surface area is 117 Å². The van der Waals surface area contributed by atoms with Gasteiger partial charge in [0.05, 0.1) is 11.7 Å². The Morgan fingerprint density at radius 2 is 1.85 bits per heavy atom. The lowest BCUT2D eigenvalue weighted by Crippen LogP contribution is -2.11. The number of fused-ring (bicyclic) bond motifs is 1. The van der Waals surface area contributed by atoms with Crippen molar-refractivity contribution < 1.29 is 0 Å². The minimum Gasteiger partial charge on any atom is -0.321 e. The van der Waals surface area contributed by atoms with Crippen molar-refractivity contribution in [1.82, 2.24) is 19.8 Å². The molecule has 0 aliphatic heterocycles. The summed E-state index contributed by atoms with van der Waals surface area (Å²) < 4.78 is 1.72. The zero-order valence-corrected chi connectivity index (χ0v) is 11.8. The van der Waals surface area contributed by atoms with Crippen LogP contribution in [-0.2, 0) is 0 Å². The maximum atomic E-state index is 5.89. The Morgan fingerprint density at radius 3 is 2.55 bits per heavy atom. The molecule has 0 fully saturated rings. The van der Waals surface area contributed by atoms with Gasteiger partial charge in [-0.05, 0) is 50.1 Å². The number of nitrogens with two attached hydrogens (primary N) is 1. The average molecular weight is 267 g/mol. The van der Waals surface area contributed by atoms with Crippen LogP contribution < -0.4 is 5.73 Å². The third kappa shape index (κ3) is 2.06. The van der Waals surface area contributed by atoms with Gasteiger partial charge >= 0.3 is 0 Å². The minimum absolute atomic E-state index is 0.201. The molecule has 3 aromatic rings. The number of hydrogen-bond acceptors (Lipinski definition) is 4. The highest BCUT2D eigenvalue weighted by Crippen LogP contribution is 2.21. The Kier molecular flexibility index (Phi) is 2.99. The molecule has 5 heteroatoms. The molecule has 5 nitrogen and oxygen atoms in total. The summed E-state index contributed by atoms with van der Waals surface area (Å²) >= 11 is 0. The van der Waals surface area contributed by atoms with E-state index < -0.39 is 0 Å². The van der Waals surface area contributed by atoms with Crippen LogP contribution in [0, 0.1) is 13.8 Å². The summed E-state index contributed by atoms with van der Waals surface area (Å²) in [5.74, 6) is 0.672. The van der Waals surface area contributed by atoms with Gasteiger partial charge in [-0.3, -0.25) is 0 Å². The zero-order chi connectivity index (χ0) is 14.3. The summed E-state index contributed by atoms with van der Waals surface area (Å²) in [4.78, 5) is 0. The van der Waals surface area contributed by atoms with Crippen molar-refractivity contribution in [2.24, 2.45) is 5.73 Å². The van der Waals surface area contributed by atoms with Gasteiger partial charge in [-0.2, -0.15) is 9.61 Å². The Hall–Kier alpha value is -2.27. The molecule has 20 heavy (non-hydrogen) atoms. The highest BCUT2D eigenvalue weighted by molar-refractivity contribution is 5.61. The summed E-state index contributed by atoms with van der Waals surface area (Å²) in [6, 6.07) is 9.99. The largest absolute Gasteiger partial charge is 0.321 e. The van der Waals surface area contributed by atoms with E-state index >= 15 is 0 Å². The Balaban J connectivity index is 2.16. The summed E-state index contributed by atoms with van der Waals surface area (Å²) in [6.45, 7) is 6.08. The molecule has 102 valence electrons. The third-order valence-electron chi connectivity index (χ3n) is 3.50. The van der Waals surface area contributed by atoms with E-state index in [0.717, 1.165) is 11.3 Å². The quantitative estimate of drug-likeness (QED) is 0.774. The van der Waals surface area contributed by atoms with Crippen LogP contribution in [-0.4, -0.2) is 19.8 Å². The number of hydrogen-bond donors (Lipinski definition) is 1. The monoisotopic (exact) mass is 267 g/mol. The summed E-state index contributed by atoms with van der Waals surface area (Å²) in [6.07, 6.45) is 0. The van der Waals surface area contributed by atoms with Crippen LogP contribution in [0.4, 0.5) is 0 Å². The van der Waals surface area contributed by atoms with Crippen LogP contribution in [0.1, 0.15) is 29.9 Å². The lowest BCUT2D eigenvalue weighted by molar-refractivity contribution is 0.696. The van der Waals surface area contributed by atoms with Crippen molar-refractivity contribution in [1.29, 1.82) is 0 Å². The summed E-state index contributed by atoms with van der Waals surface area (Å²) in [5, 5.41) is 12.8. The number of aromatic nitrogens is 4. The first-order chi connectivity index (χ1) is 9.56. The van der Waals surface area contributed by atoms with Gasteiger partial charge in [0, 0.05) is 5.56 Å². The maximum absolute atomic E-state index is 5.89. The first-order valence-corrected chi connectivity index (χ1v) is 6.62. The second-order valence-electron chi connectivity index (χ2n) is 5.13. The molecule has 0 amide bonds. The fourth-order valence-electron chi connectivity index (χ4n) is 2.14. The van der Waals surface area contributed by atoms with E-state index in [0.29, 0.717) is 11.5 Å². The molecule has 2 N–H and O–H groups in total. The van der Waals surface area contributed by atoms with E-state index in [2.05, 4.69) is 47.3 Å². The molecule has 0 aliphatic rings. The highest BCUT2D eigenvalue weighted by atomic mass is 15.4. The van der Waals surface area contributed by atoms with Gasteiger partial charge in [-0.15, -0.1) is 10.2 Å². The van der Waals surface area contributed by atoms with Crippen LogP contribution in [0.25, 0.3) is 16.9 Å². The first-order valence-electron chi connectivity index (χ1n) is 6.62. The summed E-state index contributed by atoms with van der Waals surface area (Å²) in [5.41, 5.74) is 11.1. The summed E-state index contributed by atoms with van der Waals surface area (Å²) in [7, 11) is 0. The van der Waals surface area contributed by atoms with Crippen molar-refractivity contribution in [3.63, 3.8) is 0 Å². The van der Waals surface area contributed by atoms with E-state index in [1.165, 1.54) is 11.1 Å². The fourth-order valence-corrected chi connectivity index (χ4v) is 2.14. The van der Waals surface area contributed by atoms with Crippen molar-refractivity contribution >= 4 is 5.65 Å². The molecule has 3 rings (SSSR count). The third-order valence-corrected chi connectivity index (χ3v) is 3.50. The van der Waals surface area contributed by atoms with Crippen LogP contribution in [0.15, 0.2) is 30.3 Å². The van der Waals surface area contributed by atoms with E-state index in [1.54, 1.807) is 4.52 Å². The van der Waals surface area contributed by atoms with Gasteiger partial charge in [-0.1, -0.05) is 12.1 Å². The van der Waals surface area contributed by atoms with Crippen molar-refractivity contribution in [3.8, 4) is 11.3 Å². The average Bonchev–Trinajstić information content (AvgIpc) is 2.85. The van der Waals surface area contributed by atoms with E-state index in [1.807, 2.05) is 19.1 Å². The number of nitrogens with zero attached hydrogens (tertiary/aromatic N) is 4. The van der Waals surface area contributed by atoms with Crippen LogP contribution in [0.2, 0.25) is 0 Å². The predicted octanol–water partition coefficient (Wildman–Crippen LogP) is 2.43. The van der Waals surface area contributed by atoms with Gasteiger partial charge in [-0.25, -0.2) is 0 Å². The topological polar surface area (TPSA) is 69.1 Å². The molecular weight excluding hydrogens is 250 g/mol. The molecule has 0 spiro atoms. The van der Waals surface area contributed by atoms with Gasteiger partial charge < -0.3 is 5.73 Å². The van der Waals surface area contributed by atoms with Crippen molar-refractivity contribution in [3.05, 3.63) is 47.3 Å². The standard InChI is InChI=1S/C15H17N5/c1-9-4-5-12(8-10(9)2)13-6-7-14-17-18-15(11(3)16)20(14)19-13/h4-8,11H,16H2,1-3H3/t11-/m1/s1. The molecule has 0 radical (unpaired) electrons. The first kappa shape index (κ1) is 12.7. The lowest BCUT2D eigenvalue weighted by Gasteiger charge is -2.07. The molecule has 2 aromatic heterocycles. The lowest BCUT2D eigenvalue weighted by atomic mass is 10.0. The van der Waals surface area contributed by atoms with Gasteiger partial charge in [0.2, 0.25) is 0 Å². The van der Waals surface area contributed by atoms with Crippen LogP contribution in [0.3, 0.4) is 0 Å². The maximum Gasteiger partial charge on any atom is 0.178 e.